The molecule has 108 valence electrons. The molecular formula is C12H18F3N3O. The molecule has 1 aromatic rings. The number of nitrogens with zero attached hydrogens (tertiary/aromatic N) is 2. The Labute approximate surface area is 110 Å². The first kappa shape index (κ1) is 15.5. The van der Waals surface area contributed by atoms with Crippen LogP contribution in [0.1, 0.15) is 44.5 Å². The van der Waals surface area contributed by atoms with Crippen LogP contribution in [-0.2, 0) is 11.8 Å². The number of imidazole rings is 1. The van der Waals surface area contributed by atoms with Gasteiger partial charge in [0.05, 0.1) is 12.5 Å². The maximum Gasteiger partial charge on any atom is 0.389 e. The van der Waals surface area contributed by atoms with Crippen LogP contribution >= 0.6 is 0 Å². The molecule has 0 aliphatic heterocycles. The molecule has 0 fully saturated rings. The van der Waals surface area contributed by atoms with Crippen LogP contribution in [0.15, 0.2) is 12.4 Å². The Morgan fingerprint density at radius 1 is 1.53 bits per heavy atom. The standard InChI is InChI=1S/C12H18F3N3O/c1-3-4-9(11-16-7-8-18(11)2)17-10(19)5-6-12(13,14)15/h7-9H,3-6H2,1-2H3,(H,17,19)/t9-/m1/s1. The molecule has 1 aromatic heterocycles. The molecule has 19 heavy (non-hydrogen) atoms. The lowest BCUT2D eigenvalue weighted by molar-refractivity contribution is -0.144. The van der Waals surface area contributed by atoms with E-state index in [9.17, 15) is 18.0 Å². The molecule has 0 bridgehead atoms. The molecule has 0 saturated carbocycles. The van der Waals surface area contributed by atoms with Crippen LogP contribution in [0.25, 0.3) is 0 Å². The smallest absolute Gasteiger partial charge is 0.346 e. The van der Waals surface area contributed by atoms with E-state index in [4.69, 9.17) is 0 Å². The number of carbonyl (C=O) groups excluding carboxylic acids is 1. The minimum Gasteiger partial charge on any atom is -0.346 e. The van der Waals surface area contributed by atoms with Crippen LogP contribution in [0.2, 0.25) is 0 Å². The summed E-state index contributed by atoms with van der Waals surface area (Å²) in [5, 5.41) is 2.61. The number of nitrogens with one attached hydrogen (secondary N) is 1. The van der Waals surface area contributed by atoms with Gasteiger partial charge in [-0.25, -0.2) is 4.98 Å². The van der Waals surface area contributed by atoms with Crippen molar-refractivity contribution in [2.45, 2.75) is 44.8 Å². The van der Waals surface area contributed by atoms with E-state index in [2.05, 4.69) is 10.3 Å². The van der Waals surface area contributed by atoms with E-state index in [1.807, 2.05) is 6.92 Å². The highest BCUT2D eigenvalue weighted by Gasteiger charge is 2.28. The van der Waals surface area contributed by atoms with Gasteiger partial charge in [0.2, 0.25) is 5.91 Å². The van der Waals surface area contributed by atoms with Gasteiger partial charge >= 0.3 is 6.18 Å². The molecule has 0 radical (unpaired) electrons. The molecule has 1 rings (SSSR count). The van der Waals surface area contributed by atoms with Crippen molar-refractivity contribution in [2.24, 2.45) is 7.05 Å². The number of hydrogen-bond acceptors (Lipinski definition) is 2. The molecule has 1 amide bonds. The van der Waals surface area contributed by atoms with Gasteiger partial charge in [0, 0.05) is 25.9 Å². The lowest BCUT2D eigenvalue weighted by atomic mass is 10.1. The van der Waals surface area contributed by atoms with E-state index in [1.54, 1.807) is 24.0 Å². The average Bonchev–Trinajstić information content (AvgIpc) is 2.71. The van der Waals surface area contributed by atoms with Crippen LogP contribution in [0.4, 0.5) is 13.2 Å². The fraction of sp³-hybridized carbons (Fsp3) is 0.667. The molecule has 4 nitrogen and oxygen atoms in total. The Hall–Kier alpha value is -1.53. The molecular weight excluding hydrogens is 259 g/mol. The number of halogens is 3. The maximum absolute atomic E-state index is 12.0. The number of amides is 1. The fourth-order valence-corrected chi connectivity index (χ4v) is 1.79. The van der Waals surface area contributed by atoms with E-state index in [-0.39, 0.29) is 6.04 Å². The molecule has 0 aromatic carbocycles. The van der Waals surface area contributed by atoms with Crippen molar-refractivity contribution in [3.05, 3.63) is 18.2 Å². The molecule has 1 N–H and O–H groups in total. The Kier molecular flexibility index (Phi) is 5.38. The lowest BCUT2D eigenvalue weighted by Gasteiger charge is -2.18. The van der Waals surface area contributed by atoms with Crippen LogP contribution in [-0.4, -0.2) is 21.6 Å². The summed E-state index contributed by atoms with van der Waals surface area (Å²) in [5.41, 5.74) is 0. The molecule has 0 spiro atoms. The van der Waals surface area contributed by atoms with Crippen molar-refractivity contribution in [3.8, 4) is 0 Å². The molecule has 0 saturated heterocycles. The van der Waals surface area contributed by atoms with Crippen molar-refractivity contribution < 1.29 is 18.0 Å². The van der Waals surface area contributed by atoms with E-state index >= 15 is 0 Å². The van der Waals surface area contributed by atoms with E-state index in [1.165, 1.54) is 0 Å². The summed E-state index contributed by atoms with van der Waals surface area (Å²) in [6, 6.07) is -0.342. The predicted octanol–water partition coefficient (Wildman–Crippen LogP) is 2.72. The number of carbonyl (C=O) groups is 1. The predicted molar refractivity (Wildman–Crippen MR) is 64.3 cm³/mol. The highest BCUT2D eigenvalue weighted by molar-refractivity contribution is 5.76. The Morgan fingerprint density at radius 3 is 2.68 bits per heavy atom. The van der Waals surface area contributed by atoms with Crippen molar-refractivity contribution in [1.82, 2.24) is 14.9 Å². The minimum absolute atomic E-state index is 0.342. The third-order valence-electron chi connectivity index (χ3n) is 2.72. The minimum atomic E-state index is -4.30. The summed E-state index contributed by atoms with van der Waals surface area (Å²) in [4.78, 5) is 15.7. The summed E-state index contributed by atoms with van der Waals surface area (Å²) in [5.74, 6) is 0.0565. The first-order valence-corrected chi connectivity index (χ1v) is 6.17. The van der Waals surface area contributed by atoms with Gasteiger partial charge in [-0.1, -0.05) is 13.3 Å². The first-order chi connectivity index (χ1) is 8.83. The van der Waals surface area contributed by atoms with E-state index < -0.39 is 24.9 Å². The van der Waals surface area contributed by atoms with Crippen molar-refractivity contribution in [1.29, 1.82) is 0 Å². The topological polar surface area (TPSA) is 46.9 Å². The summed E-state index contributed by atoms with van der Waals surface area (Å²) in [6.07, 6.45) is -1.17. The third-order valence-corrected chi connectivity index (χ3v) is 2.72. The fourth-order valence-electron chi connectivity index (χ4n) is 1.79. The van der Waals surface area contributed by atoms with Crippen molar-refractivity contribution in [2.75, 3.05) is 0 Å². The normalized spacial score (nSPS) is 13.3. The average molecular weight is 277 g/mol. The number of aromatic nitrogens is 2. The first-order valence-electron chi connectivity index (χ1n) is 6.17. The van der Waals surface area contributed by atoms with Crippen LogP contribution < -0.4 is 5.32 Å². The van der Waals surface area contributed by atoms with Crippen LogP contribution in [0.5, 0.6) is 0 Å². The van der Waals surface area contributed by atoms with Gasteiger partial charge in [-0.05, 0) is 6.42 Å². The lowest BCUT2D eigenvalue weighted by Crippen LogP contribution is -2.31. The molecule has 0 aliphatic carbocycles. The Morgan fingerprint density at radius 2 is 2.21 bits per heavy atom. The van der Waals surface area contributed by atoms with Gasteiger partial charge in [0.15, 0.2) is 0 Å². The molecule has 7 heteroatoms. The van der Waals surface area contributed by atoms with Gasteiger partial charge in [0.25, 0.3) is 0 Å². The summed E-state index contributed by atoms with van der Waals surface area (Å²) in [7, 11) is 1.78. The van der Waals surface area contributed by atoms with Gasteiger partial charge in [-0.3, -0.25) is 4.79 Å². The highest BCUT2D eigenvalue weighted by Crippen LogP contribution is 2.22. The third kappa shape index (κ3) is 5.32. The van der Waals surface area contributed by atoms with Crippen LogP contribution in [0.3, 0.4) is 0 Å². The van der Waals surface area contributed by atoms with E-state index in [0.717, 1.165) is 6.42 Å². The summed E-state index contributed by atoms with van der Waals surface area (Å²) >= 11 is 0. The van der Waals surface area contributed by atoms with Gasteiger partial charge in [-0.2, -0.15) is 13.2 Å². The van der Waals surface area contributed by atoms with Gasteiger partial charge < -0.3 is 9.88 Å². The van der Waals surface area contributed by atoms with Crippen LogP contribution in [0, 0.1) is 0 Å². The molecule has 1 heterocycles. The quantitative estimate of drug-likeness (QED) is 0.869. The SMILES string of the molecule is CCC[C@@H](NC(=O)CCC(F)(F)F)c1nccn1C. The Bertz CT molecular complexity index is 415. The maximum atomic E-state index is 12.0. The summed E-state index contributed by atoms with van der Waals surface area (Å²) < 4.78 is 37.9. The zero-order valence-electron chi connectivity index (χ0n) is 11.0. The number of aryl methyl sites for hydroxylation is 1. The van der Waals surface area contributed by atoms with Crippen molar-refractivity contribution in [3.63, 3.8) is 0 Å². The number of hydrogen-bond donors (Lipinski definition) is 1. The number of rotatable bonds is 6. The second-order valence-corrected chi connectivity index (χ2v) is 4.42. The second kappa shape index (κ2) is 6.58. The molecule has 0 unspecified atom stereocenters. The zero-order valence-corrected chi connectivity index (χ0v) is 11.0. The number of alkyl halides is 3. The van der Waals surface area contributed by atoms with Gasteiger partial charge in [0.1, 0.15) is 5.82 Å². The largest absolute Gasteiger partial charge is 0.389 e. The highest BCUT2D eigenvalue weighted by atomic mass is 19.4. The Balaban J connectivity index is 2.59. The van der Waals surface area contributed by atoms with Crippen molar-refractivity contribution >= 4 is 5.91 Å². The second-order valence-electron chi connectivity index (χ2n) is 4.42. The summed E-state index contributed by atoms with van der Waals surface area (Å²) in [6.45, 7) is 1.94. The van der Waals surface area contributed by atoms with Gasteiger partial charge in [-0.15, -0.1) is 0 Å². The molecule has 1 atom stereocenters. The monoisotopic (exact) mass is 277 g/mol. The zero-order chi connectivity index (χ0) is 14.5. The van der Waals surface area contributed by atoms with E-state index in [0.29, 0.717) is 12.2 Å². The molecule has 0 aliphatic rings.